The third-order valence-electron chi connectivity index (χ3n) is 3.55. The Kier molecular flexibility index (Phi) is 4.95. The van der Waals surface area contributed by atoms with Crippen molar-refractivity contribution in [1.82, 2.24) is 4.90 Å². The lowest BCUT2D eigenvalue weighted by atomic mass is 9.99. The number of furan rings is 1. The number of hydrogen-bond donors (Lipinski definition) is 0. The lowest BCUT2D eigenvalue weighted by molar-refractivity contribution is 0.0542. The Labute approximate surface area is 128 Å². The molecule has 118 valence electrons. The predicted molar refractivity (Wildman–Crippen MR) is 77.0 cm³/mol. The molecule has 1 aromatic rings. The van der Waals surface area contributed by atoms with E-state index < -0.39 is 9.05 Å². The van der Waals surface area contributed by atoms with Gasteiger partial charge in [-0.3, -0.25) is 4.79 Å². The monoisotopic (exact) mass is 335 g/mol. The molecule has 0 saturated carbocycles. The number of likely N-dealkylation sites (tertiary alicyclic amines) is 1. The zero-order valence-electron chi connectivity index (χ0n) is 12.0. The first kappa shape index (κ1) is 16.3. The number of amides is 1. The van der Waals surface area contributed by atoms with Crippen LogP contribution in [0.1, 0.15) is 29.2 Å². The van der Waals surface area contributed by atoms with Gasteiger partial charge >= 0.3 is 0 Å². The Morgan fingerprint density at radius 2 is 2.29 bits per heavy atom. The number of rotatable bonds is 4. The summed E-state index contributed by atoms with van der Waals surface area (Å²) in [4.78, 5) is 13.9. The number of carbonyl (C=O) groups excluding carboxylic acids is 1. The highest BCUT2D eigenvalue weighted by atomic mass is 35.7. The number of ether oxygens (including phenoxy) is 1. The molecule has 6 nitrogen and oxygen atoms in total. The molecular weight excluding hydrogens is 318 g/mol. The van der Waals surface area contributed by atoms with Gasteiger partial charge in [-0.15, -0.1) is 0 Å². The van der Waals surface area contributed by atoms with Gasteiger partial charge in [-0.1, -0.05) is 0 Å². The van der Waals surface area contributed by atoms with Gasteiger partial charge in [0.25, 0.3) is 15.0 Å². The van der Waals surface area contributed by atoms with Crippen molar-refractivity contribution in [1.29, 1.82) is 0 Å². The van der Waals surface area contributed by atoms with Crippen LogP contribution in [0, 0.1) is 12.8 Å². The molecule has 1 saturated heterocycles. The maximum atomic E-state index is 12.4. The summed E-state index contributed by atoms with van der Waals surface area (Å²) in [7, 11) is 3.03. The van der Waals surface area contributed by atoms with E-state index in [4.69, 9.17) is 19.8 Å². The van der Waals surface area contributed by atoms with E-state index in [1.165, 1.54) is 13.0 Å². The van der Waals surface area contributed by atoms with Crippen LogP contribution >= 0.6 is 10.7 Å². The van der Waals surface area contributed by atoms with Gasteiger partial charge < -0.3 is 14.1 Å². The second kappa shape index (κ2) is 6.37. The van der Waals surface area contributed by atoms with Crippen LogP contribution in [0.4, 0.5) is 0 Å². The average molecular weight is 336 g/mol. The Morgan fingerprint density at radius 1 is 1.57 bits per heavy atom. The molecule has 2 rings (SSSR count). The number of halogens is 1. The number of carbonyl (C=O) groups is 1. The molecule has 0 aromatic carbocycles. The molecule has 1 aliphatic rings. The number of methoxy groups -OCH3 is 1. The molecule has 2 heterocycles. The quantitative estimate of drug-likeness (QED) is 0.787. The molecule has 0 aliphatic carbocycles. The third-order valence-corrected chi connectivity index (χ3v) is 4.98. The lowest BCUT2D eigenvalue weighted by Crippen LogP contribution is -2.41. The van der Waals surface area contributed by atoms with Crippen molar-refractivity contribution in [2.45, 2.75) is 24.7 Å². The molecule has 1 fully saturated rings. The van der Waals surface area contributed by atoms with E-state index in [0.717, 1.165) is 12.8 Å². The fourth-order valence-electron chi connectivity index (χ4n) is 2.59. The summed E-state index contributed by atoms with van der Waals surface area (Å²) in [6.45, 7) is 3.27. The molecule has 0 bridgehead atoms. The van der Waals surface area contributed by atoms with Gasteiger partial charge in [0.15, 0.2) is 5.76 Å². The van der Waals surface area contributed by atoms with Crippen molar-refractivity contribution in [2.75, 3.05) is 26.8 Å². The average Bonchev–Trinajstić information content (AvgIpc) is 2.81. The van der Waals surface area contributed by atoms with Crippen LogP contribution < -0.4 is 0 Å². The van der Waals surface area contributed by atoms with Gasteiger partial charge in [0.05, 0.1) is 6.61 Å². The molecular formula is C13H18ClNO5S. The maximum absolute atomic E-state index is 12.4. The van der Waals surface area contributed by atoms with Crippen LogP contribution in [0.25, 0.3) is 0 Å². The molecule has 1 aliphatic heterocycles. The number of aryl methyl sites for hydroxylation is 1. The minimum absolute atomic E-state index is 0.00444. The molecule has 1 aromatic heterocycles. The van der Waals surface area contributed by atoms with Gasteiger partial charge in [-0.2, -0.15) is 0 Å². The van der Waals surface area contributed by atoms with Crippen LogP contribution in [0.5, 0.6) is 0 Å². The molecule has 8 heteroatoms. The first-order valence-electron chi connectivity index (χ1n) is 6.66. The maximum Gasteiger partial charge on any atom is 0.289 e. The smallest absolute Gasteiger partial charge is 0.289 e. The Hall–Kier alpha value is -1.05. The van der Waals surface area contributed by atoms with Gasteiger partial charge in [-0.05, 0) is 25.7 Å². The van der Waals surface area contributed by atoms with Crippen molar-refractivity contribution in [3.63, 3.8) is 0 Å². The van der Waals surface area contributed by atoms with E-state index >= 15 is 0 Å². The standard InChI is InChI=1S/C13H18ClNO5S/c1-9-12(21(14,17)18)6-11(20-9)13(16)15-5-3-4-10(7-15)8-19-2/h6,10H,3-5,7-8H2,1-2H3. The van der Waals surface area contributed by atoms with Crippen molar-refractivity contribution < 1.29 is 22.4 Å². The second-order valence-electron chi connectivity index (χ2n) is 5.18. The van der Waals surface area contributed by atoms with Crippen molar-refractivity contribution >= 4 is 25.6 Å². The summed E-state index contributed by atoms with van der Waals surface area (Å²) >= 11 is 0. The summed E-state index contributed by atoms with van der Waals surface area (Å²) in [5.41, 5.74) is 0. The van der Waals surface area contributed by atoms with Gasteiger partial charge in [0.2, 0.25) is 0 Å². The van der Waals surface area contributed by atoms with E-state index in [0.29, 0.717) is 25.6 Å². The first-order chi connectivity index (χ1) is 9.82. The van der Waals surface area contributed by atoms with E-state index in [1.807, 2.05) is 0 Å². The van der Waals surface area contributed by atoms with Gasteiger partial charge in [-0.25, -0.2) is 8.42 Å². The summed E-state index contributed by atoms with van der Waals surface area (Å²) in [5, 5.41) is 0. The number of hydrogen-bond acceptors (Lipinski definition) is 5. The highest BCUT2D eigenvalue weighted by Gasteiger charge is 2.28. The van der Waals surface area contributed by atoms with Crippen LogP contribution in [0.15, 0.2) is 15.4 Å². The summed E-state index contributed by atoms with van der Waals surface area (Å²) in [6, 6.07) is 1.19. The minimum Gasteiger partial charge on any atom is -0.455 e. The predicted octanol–water partition coefficient (Wildman–Crippen LogP) is 2.01. The molecule has 21 heavy (non-hydrogen) atoms. The van der Waals surface area contributed by atoms with E-state index in [9.17, 15) is 13.2 Å². The van der Waals surface area contributed by atoms with E-state index in [1.54, 1.807) is 12.0 Å². The minimum atomic E-state index is -3.91. The van der Waals surface area contributed by atoms with Crippen LogP contribution in [-0.4, -0.2) is 46.0 Å². The van der Waals surface area contributed by atoms with Crippen LogP contribution in [0.2, 0.25) is 0 Å². The number of piperidine rings is 1. The molecule has 1 unspecified atom stereocenters. The van der Waals surface area contributed by atoms with Crippen LogP contribution in [0.3, 0.4) is 0 Å². The van der Waals surface area contributed by atoms with Crippen molar-refractivity contribution in [2.24, 2.45) is 5.92 Å². The SMILES string of the molecule is COCC1CCCN(C(=O)c2cc(S(=O)(=O)Cl)c(C)o2)C1. The van der Waals surface area contributed by atoms with Crippen LogP contribution in [-0.2, 0) is 13.8 Å². The molecule has 0 spiro atoms. The zero-order chi connectivity index (χ0) is 15.6. The normalized spacial score (nSPS) is 19.8. The molecule has 0 radical (unpaired) electrons. The zero-order valence-corrected chi connectivity index (χ0v) is 13.5. The Balaban J connectivity index is 2.17. The summed E-state index contributed by atoms with van der Waals surface area (Å²) in [6.07, 6.45) is 1.90. The van der Waals surface area contributed by atoms with Crippen molar-refractivity contribution in [3.8, 4) is 0 Å². The largest absolute Gasteiger partial charge is 0.455 e. The third kappa shape index (κ3) is 3.78. The first-order valence-corrected chi connectivity index (χ1v) is 8.97. The number of nitrogens with zero attached hydrogens (tertiary/aromatic N) is 1. The fourth-order valence-corrected chi connectivity index (χ4v) is 3.68. The lowest BCUT2D eigenvalue weighted by Gasteiger charge is -2.31. The highest BCUT2D eigenvalue weighted by molar-refractivity contribution is 8.13. The topological polar surface area (TPSA) is 76.8 Å². The van der Waals surface area contributed by atoms with Crippen molar-refractivity contribution in [3.05, 3.63) is 17.6 Å². The van der Waals surface area contributed by atoms with Gasteiger partial charge in [0, 0.05) is 36.9 Å². The Morgan fingerprint density at radius 3 is 2.86 bits per heavy atom. The molecule has 1 amide bonds. The summed E-state index contributed by atoms with van der Waals surface area (Å²) < 4.78 is 33.1. The fraction of sp³-hybridized carbons (Fsp3) is 0.615. The summed E-state index contributed by atoms with van der Waals surface area (Å²) in [5.74, 6) is 0.106. The Bertz CT molecular complexity index is 623. The van der Waals surface area contributed by atoms with E-state index in [-0.39, 0.29) is 22.3 Å². The highest BCUT2D eigenvalue weighted by Crippen LogP contribution is 2.25. The van der Waals surface area contributed by atoms with Gasteiger partial charge in [0.1, 0.15) is 10.7 Å². The second-order valence-corrected chi connectivity index (χ2v) is 7.72. The molecule has 1 atom stereocenters. The van der Waals surface area contributed by atoms with E-state index in [2.05, 4.69) is 0 Å². The molecule has 0 N–H and O–H groups in total.